The minimum atomic E-state index is 0.190. The van der Waals surface area contributed by atoms with Crippen molar-refractivity contribution in [2.45, 2.75) is 58.9 Å². The lowest BCUT2D eigenvalue weighted by atomic mass is 9.97. The van der Waals surface area contributed by atoms with Gasteiger partial charge >= 0.3 is 0 Å². The molecule has 1 aliphatic carbocycles. The maximum absolute atomic E-state index is 12.7. The summed E-state index contributed by atoms with van der Waals surface area (Å²) in [5, 5.41) is 0.918. The van der Waals surface area contributed by atoms with Gasteiger partial charge in [0.25, 0.3) is 5.56 Å². The summed E-state index contributed by atoms with van der Waals surface area (Å²) in [5.74, 6) is 0.865. The Kier molecular flexibility index (Phi) is 3.44. The van der Waals surface area contributed by atoms with Gasteiger partial charge in [-0.05, 0) is 44.6 Å². The highest BCUT2D eigenvalue weighted by atomic mass is 32.1. The first kappa shape index (κ1) is 12.9. The van der Waals surface area contributed by atoms with E-state index >= 15 is 0 Å². The summed E-state index contributed by atoms with van der Waals surface area (Å²) in [4.78, 5) is 19.8. The summed E-state index contributed by atoms with van der Waals surface area (Å²) >= 11 is 1.74. The summed E-state index contributed by atoms with van der Waals surface area (Å²) in [6, 6.07) is 0. The van der Waals surface area contributed by atoms with E-state index in [2.05, 4.69) is 11.9 Å². The molecule has 1 aliphatic rings. The third-order valence-corrected chi connectivity index (χ3v) is 5.19. The summed E-state index contributed by atoms with van der Waals surface area (Å²) in [6.45, 7) is 4.91. The third-order valence-electron chi connectivity index (χ3n) is 4.00. The van der Waals surface area contributed by atoms with E-state index in [1.54, 1.807) is 11.3 Å². The van der Waals surface area contributed by atoms with Crippen molar-refractivity contribution < 1.29 is 0 Å². The van der Waals surface area contributed by atoms with Crippen LogP contribution in [-0.4, -0.2) is 9.55 Å². The molecular formula is C15H20N2OS. The van der Waals surface area contributed by atoms with Crippen LogP contribution in [0.5, 0.6) is 0 Å². The number of aromatic nitrogens is 2. The predicted octanol–water partition coefficient (Wildman–Crippen LogP) is 3.45. The minimum absolute atomic E-state index is 0.190. The first-order valence-electron chi connectivity index (χ1n) is 7.24. The van der Waals surface area contributed by atoms with Gasteiger partial charge in [-0.2, -0.15) is 0 Å². The highest BCUT2D eigenvalue weighted by Crippen LogP contribution is 2.33. The van der Waals surface area contributed by atoms with Gasteiger partial charge in [-0.1, -0.05) is 13.3 Å². The number of aryl methyl sites for hydroxylation is 3. The Morgan fingerprint density at radius 2 is 2.11 bits per heavy atom. The second-order valence-corrected chi connectivity index (χ2v) is 6.44. The molecule has 2 aromatic heterocycles. The molecule has 4 heteroatoms. The van der Waals surface area contributed by atoms with E-state index < -0.39 is 0 Å². The molecule has 0 amide bonds. The van der Waals surface area contributed by atoms with E-state index in [1.165, 1.54) is 23.3 Å². The van der Waals surface area contributed by atoms with Gasteiger partial charge in [0, 0.05) is 11.4 Å². The van der Waals surface area contributed by atoms with Gasteiger partial charge in [0.1, 0.15) is 10.7 Å². The fourth-order valence-corrected chi connectivity index (χ4v) is 4.22. The van der Waals surface area contributed by atoms with Gasteiger partial charge in [0.2, 0.25) is 0 Å². The van der Waals surface area contributed by atoms with Crippen molar-refractivity contribution in [2.75, 3.05) is 0 Å². The molecule has 0 N–H and O–H groups in total. The second kappa shape index (κ2) is 5.08. The normalized spacial score (nSPS) is 14.8. The Morgan fingerprint density at radius 1 is 1.32 bits per heavy atom. The number of hydrogen-bond acceptors (Lipinski definition) is 3. The van der Waals surface area contributed by atoms with Crippen molar-refractivity contribution >= 4 is 21.6 Å². The molecule has 2 aromatic rings. The van der Waals surface area contributed by atoms with Gasteiger partial charge in [-0.25, -0.2) is 4.98 Å². The molecule has 0 bridgehead atoms. The van der Waals surface area contributed by atoms with Gasteiger partial charge in [-0.3, -0.25) is 9.36 Å². The van der Waals surface area contributed by atoms with Crippen molar-refractivity contribution in [1.29, 1.82) is 0 Å². The Hall–Kier alpha value is -1.16. The van der Waals surface area contributed by atoms with E-state index in [4.69, 9.17) is 0 Å². The molecular weight excluding hydrogens is 256 g/mol. The average molecular weight is 276 g/mol. The fourth-order valence-electron chi connectivity index (χ4n) is 2.92. The van der Waals surface area contributed by atoms with Crippen LogP contribution in [0.15, 0.2) is 4.79 Å². The predicted molar refractivity (Wildman–Crippen MR) is 80.2 cm³/mol. The molecule has 0 aromatic carbocycles. The molecule has 0 saturated heterocycles. The molecule has 0 fully saturated rings. The molecule has 3 rings (SSSR count). The molecule has 0 aliphatic heterocycles. The summed E-state index contributed by atoms with van der Waals surface area (Å²) in [5.41, 5.74) is 1.49. The number of rotatable bonds is 3. The largest absolute Gasteiger partial charge is 0.296 e. The van der Waals surface area contributed by atoms with E-state index in [-0.39, 0.29) is 5.56 Å². The monoisotopic (exact) mass is 276 g/mol. The fraction of sp³-hybridized carbons (Fsp3) is 0.600. The van der Waals surface area contributed by atoms with Gasteiger partial charge in [0.05, 0.1) is 5.39 Å². The number of thiophene rings is 1. The van der Waals surface area contributed by atoms with Crippen molar-refractivity contribution in [3.63, 3.8) is 0 Å². The highest BCUT2D eigenvalue weighted by molar-refractivity contribution is 7.18. The standard InChI is InChI=1S/C15H20N2OS/c1-3-4-9-17-10(2)16-14-13(15(17)18)11-7-5-6-8-12(11)19-14/h3-9H2,1-2H3. The average Bonchev–Trinajstić information content (AvgIpc) is 2.76. The smallest absolute Gasteiger partial charge is 0.262 e. The number of unbranched alkanes of at least 4 members (excludes halogenated alkanes) is 1. The Labute approximate surface area is 117 Å². The lowest BCUT2D eigenvalue weighted by Gasteiger charge is -2.11. The molecule has 0 spiro atoms. The molecule has 0 atom stereocenters. The first-order valence-corrected chi connectivity index (χ1v) is 8.05. The zero-order chi connectivity index (χ0) is 13.4. The molecule has 0 unspecified atom stereocenters. The van der Waals surface area contributed by atoms with Crippen LogP contribution in [0.4, 0.5) is 0 Å². The van der Waals surface area contributed by atoms with Crippen LogP contribution in [-0.2, 0) is 19.4 Å². The molecule has 19 heavy (non-hydrogen) atoms. The van der Waals surface area contributed by atoms with Crippen LogP contribution in [0.25, 0.3) is 10.2 Å². The Bertz CT molecular complexity index is 669. The summed E-state index contributed by atoms with van der Waals surface area (Å²) < 4.78 is 1.87. The van der Waals surface area contributed by atoms with Crippen molar-refractivity contribution in [3.05, 3.63) is 26.6 Å². The van der Waals surface area contributed by atoms with Crippen LogP contribution in [0.3, 0.4) is 0 Å². The van der Waals surface area contributed by atoms with E-state index in [0.717, 1.165) is 48.3 Å². The first-order chi connectivity index (χ1) is 9.22. The zero-order valence-corrected chi connectivity index (χ0v) is 12.5. The highest BCUT2D eigenvalue weighted by Gasteiger charge is 2.20. The molecule has 102 valence electrons. The van der Waals surface area contributed by atoms with Crippen molar-refractivity contribution in [1.82, 2.24) is 9.55 Å². The molecule has 0 saturated carbocycles. The number of nitrogens with zero attached hydrogens (tertiary/aromatic N) is 2. The van der Waals surface area contributed by atoms with Crippen molar-refractivity contribution in [3.8, 4) is 0 Å². The van der Waals surface area contributed by atoms with E-state index in [9.17, 15) is 4.79 Å². The molecule has 3 nitrogen and oxygen atoms in total. The Morgan fingerprint density at radius 3 is 2.89 bits per heavy atom. The lowest BCUT2D eigenvalue weighted by molar-refractivity contribution is 0.591. The molecule has 0 radical (unpaired) electrons. The van der Waals surface area contributed by atoms with Crippen LogP contribution in [0, 0.1) is 6.92 Å². The van der Waals surface area contributed by atoms with Crippen LogP contribution in [0.2, 0.25) is 0 Å². The molecule has 2 heterocycles. The topological polar surface area (TPSA) is 34.9 Å². The van der Waals surface area contributed by atoms with Crippen LogP contribution >= 0.6 is 11.3 Å². The second-order valence-electron chi connectivity index (χ2n) is 5.36. The summed E-state index contributed by atoms with van der Waals surface area (Å²) in [6.07, 6.45) is 6.79. The third kappa shape index (κ3) is 2.12. The SMILES string of the molecule is CCCCn1c(C)nc2sc3c(c2c1=O)CCCC3. The minimum Gasteiger partial charge on any atom is -0.296 e. The van der Waals surface area contributed by atoms with E-state index in [1.807, 2.05) is 11.5 Å². The van der Waals surface area contributed by atoms with Gasteiger partial charge in [-0.15, -0.1) is 11.3 Å². The quantitative estimate of drug-likeness (QED) is 0.860. The number of fused-ring (bicyclic) bond motifs is 3. The van der Waals surface area contributed by atoms with E-state index in [0.29, 0.717) is 0 Å². The summed E-state index contributed by atoms with van der Waals surface area (Å²) in [7, 11) is 0. The lowest BCUT2D eigenvalue weighted by Crippen LogP contribution is -2.24. The Balaban J connectivity index is 2.21. The number of hydrogen-bond donors (Lipinski definition) is 0. The van der Waals surface area contributed by atoms with Crippen molar-refractivity contribution in [2.24, 2.45) is 0 Å². The zero-order valence-electron chi connectivity index (χ0n) is 11.7. The maximum atomic E-state index is 12.7. The van der Waals surface area contributed by atoms with Crippen LogP contribution < -0.4 is 5.56 Å². The van der Waals surface area contributed by atoms with Gasteiger partial charge < -0.3 is 0 Å². The van der Waals surface area contributed by atoms with Gasteiger partial charge in [0.15, 0.2) is 0 Å². The maximum Gasteiger partial charge on any atom is 0.262 e. The van der Waals surface area contributed by atoms with Crippen LogP contribution in [0.1, 0.15) is 48.9 Å².